The first-order valence-electron chi connectivity index (χ1n) is 8.05. The lowest BCUT2D eigenvalue weighted by atomic mass is 9.92. The number of ether oxygens (including phenoxy) is 1. The van der Waals surface area contributed by atoms with Crippen LogP contribution < -0.4 is 5.32 Å². The molecule has 1 saturated heterocycles. The lowest BCUT2D eigenvalue weighted by molar-refractivity contribution is 0.0148. The number of hydrogen-bond acceptors (Lipinski definition) is 4. The van der Waals surface area contributed by atoms with Crippen LogP contribution in [-0.4, -0.2) is 67.8 Å². The molecule has 5 nitrogen and oxygen atoms in total. The summed E-state index contributed by atoms with van der Waals surface area (Å²) in [5.74, 6) is 0.508. The number of likely N-dealkylation sites (N-methyl/N-ethyl adjacent to an activating group) is 1. The highest BCUT2D eigenvalue weighted by atomic mass is 16.6. The predicted octanol–water partition coefficient (Wildman–Crippen LogP) is 2.17. The van der Waals surface area contributed by atoms with E-state index in [4.69, 9.17) is 4.74 Å². The van der Waals surface area contributed by atoms with Crippen LogP contribution in [0.25, 0.3) is 0 Å². The van der Waals surface area contributed by atoms with E-state index in [-0.39, 0.29) is 6.09 Å². The Balaban J connectivity index is 2.42. The number of hydrogen-bond donors (Lipinski definition) is 1. The fourth-order valence-corrected chi connectivity index (χ4v) is 2.59. The van der Waals surface area contributed by atoms with Gasteiger partial charge in [-0.05, 0) is 60.5 Å². The van der Waals surface area contributed by atoms with Crippen LogP contribution in [-0.2, 0) is 4.74 Å². The second-order valence-corrected chi connectivity index (χ2v) is 7.37. The number of amides is 1. The van der Waals surface area contributed by atoms with Crippen molar-refractivity contribution in [1.29, 1.82) is 0 Å². The highest BCUT2D eigenvalue weighted by molar-refractivity contribution is 5.68. The quantitative estimate of drug-likeness (QED) is 0.845. The molecule has 1 heterocycles. The van der Waals surface area contributed by atoms with Gasteiger partial charge in [0.25, 0.3) is 0 Å². The van der Waals surface area contributed by atoms with Crippen molar-refractivity contribution < 1.29 is 9.53 Å². The molecular formula is C16H33N3O2. The fraction of sp³-hybridized carbons (Fsp3) is 0.938. The third-order valence-electron chi connectivity index (χ3n) is 3.84. The molecule has 1 rings (SSSR count). The molecule has 1 amide bonds. The molecule has 0 aromatic rings. The van der Waals surface area contributed by atoms with E-state index >= 15 is 0 Å². The molecule has 0 aromatic heterocycles. The molecule has 1 N–H and O–H groups in total. The van der Waals surface area contributed by atoms with Crippen LogP contribution in [0.15, 0.2) is 0 Å². The zero-order valence-electron chi connectivity index (χ0n) is 14.6. The molecule has 21 heavy (non-hydrogen) atoms. The summed E-state index contributed by atoms with van der Waals surface area (Å²) in [6.45, 7) is 11.6. The molecule has 0 aromatic carbocycles. The van der Waals surface area contributed by atoms with Crippen molar-refractivity contribution in [2.75, 3.05) is 40.3 Å². The van der Waals surface area contributed by atoms with Crippen molar-refractivity contribution in [2.24, 2.45) is 5.92 Å². The zero-order chi connectivity index (χ0) is 16.0. The van der Waals surface area contributed by atoms with Gasteiger partial charge in [0.05, 0.1) is 0 Å². The highest BCUT2D eigenvalue weighted by Gasteiger charge is 2.29. The van der Waals surface area contributed by atoms with Crippen molar-refractivity contribution in [3.05, 3.63) is 0 Å². The maximum absolute atomic E-state index is 12.2. The largest absolute Gasteiger partial charge is 0.444 e. The standard InChI is InChI=1S/C16H33N3O2/c1-13(17-9-11-18(5)6)14-8-7-10-19(12-14)15(20)21-16(2,3)4/h13-14,17H,7-12H2,1-6H3. The van der Waals surface area contributed by atoms with Crippen LogP contribution in [0.2, 0.25) is 0 Å². The van der Waals surface area contributed by atoms with E-state index in [0.717, 1.165) is 32.6 Å². The van der Waals surface area contributed by atoms with Gasteiger partial charge in [-0.1, -0.05) is 0 Å². The molecule has 5 heteroatoms. The SMILES string of the molecule is CC(NCCN(C)C)C1CCCN(C(=O)OC(C)(C)C)C1. The Labute approximate surface area is 130 Å². The van der Waals surface area contributed by atoms with Crippen molar-refractivity contribution >= 4 is 6.09 Å². The summed E-state index contributed by atoms with van der Waals surface area (Å²) in [6, 6.07) is 0.426. The second-order valence-electron chi connectivity index (χ2n) is 7.37. The van der Waals surface area contributed by atoms with Crippen LogP contribution in [0.5, 0.6) is 0 Å². The first kappa shape index (κ1) is 18.2. The van der Waals surface area contributed by atoms with E-state index in [9.17, 15) is 4.79 Å². The maximum Gasteiger partial charge on any atom is 0.410 e. The summed E-state index contributed by atoms with van der Waals surface area (Å²) in [7, 11) is 4.16. The van der Waals surface area contributed by atoms with Crippen molar-refractivity contribution in [3.63, 3.8) is 0 Å². The number of piperidine rings is 1. The van der Waals surface area contributed by atoms with E-state index < -0.39 is 5.60 Å². The van der Waals surface area contributed by atoms with Gasteiger partial charge in [-0.2, -0.15) is 0 Å². The smallest absolute Gasteiger partial charge is 0.410 e. The van der Waals surface area contributed by atoms with Gasteiger partial charge in [0.1, 0.15) is 5.60 Å². The summed E-state index contributed by atoms with van der Waals surface area (Å²) in [6.07, 6.45) is 2.06. The fourth-order valence-electron chi connectivity index (χ4n) is 2.59. The summed E-state index contributed by atoms with van der Waals surface area (Å²) in [5.41, 5.74) is -0.417. The first-order valence-corrected chi connectivity index (χ1v) is 8.05. The number of nitrogens with one attached hydrogen (secondary N) is 1. The van der Waals surface area contributed by atoms with E-state index in [0.29, 0.717) is 12.0 Å². The maximum atomic E-state index is 12.2. The number of nitrogens with zero attached hydrogens (tertiary/aromatic N) is 2. The molecule has 2 atom stereocenters. The number of carbonyl (C=O) groups excluding carboxylic acids is 1. The topological polar surface area (TPSA) is 44.8 Å². The lowest BCUT2D eigenvalue weighted by Gasteiger charge is -2.37. The predicted molar refractivity (Wildman–Crippen MR) is 86.5 cm³/mol. The van der Waals surface area contributed by atoms with Crippen LogP contribution in [0.1, 0.15) is 40.5 Å². The average Bonchev–Trinajstić information content (AvgIpc) is 2.36. The molecule has 2 unspecified atom stereocenters. The van der Waals surface area contributed by atoms with Gasteiger partial charge in [0.2, 0.25) is 0 Å². The lowest BCUT2D eigenvalue weighted by Crippen LogP contribution is -2.48. The molecule has 0 saturated carbocycles. The molecular weight excluding hydrogens is 266 g/mol. The van der Waals surface area contributed by atoms with Gasteiger partial charge < -0.3 is 19.9 Å². The molecule has 1 fully saturated rings. The van der Waals surface area contributed by atoms with Crippen LogP contribution in [0.3, 0.4) is 0 Å². The molecule has 0 bridgehead atoms. The molecule has 0 aliphatic carbocycles. The Hall–Kier alpha value is -0.810. The average molecular weight is 299 g/mol. The number of carbonyl (C=O) groups is 1. The molecule has 0 spiro atoms. The minimum atomic E-state index is -0.417. The van der Waals surface area contributed by atoms with Crippen molar-refractivity contribution in [2.45, 2.75) is 52.2 Å². The van der Waals surface area contributed by atoms with E-state index in [2.05, 4.69) is 31.2 Å². The summed E-state index contributed by atoms with van der Waals surface area (Å²) in [5, 5.41) is 3.57. The Kier molecular flexibility index (Phi) is 6.94. The van der Waals surface area contributed by atoms with Crippen LogP contribution in [0, 0.1) is 5.92 Å². The summed E-state index contributed by atoms with van der Waals surface area (Å²) in [4.78, 5) is 16.2. The third kappa shape index (κ3) is 7.14. The Morgan fingerprint density at radius 1 is 1.43 bits per heavy atom. The first-order chi connectivity index (χ1) is 9.69. The molecule has 1 aliphatic rings. The molecule has 0 radical (unpaired) electrons. The number of rotatable bonds is 5. The Morgan fingerprint density at radius 3 is 2.67 bits per heavy atom. The van der Waals surface area contributed by atoms with Gasteiger partial charge in [0, 0.05) is 32.2 Å². The summed E-state index contributed by atoms with van der Waals surface area (Å²) >= 11 is 0. The second kappa shape index (κ2) is 7.99. The minimum Gasteiger partial charge on any atom is -0.444 e. The zero-order valence-corrected chi connectivity index (χ0v) is 14.6. The third-order valence-corrected chi connectivity index (χ3v) is 3.84. The minimum absolute atomic E-state index is 0.173. The number of likely N-dealkylation sites (tertiary alicyclic amines) is 1. The highest BCUT2D eigenvalue weighted by Crippen LogP contribution is 2.21. The van der Waals surface area contributed by atoms with Gasteiger partial charge in [0.15, 0.2) is 0 Å². The van der Waals surface area contributed by atoms with Gasteiger partial charge in [-0.3, -0.25) is 0 Å². The van der Waals surface area contributed by atoms with Crippen LogP contribution in [0.4, 0.5) is 4.79 Å². The van der Waals surface area contributed by atoms with E-state index in [1.807, 2.05) is 25.7 Å². The normalized spacial score (nSPS) is 21.5. The van der Waals surface area contributed by atoms with E-state index in [1.165, 1.54) is 6.42 Å². The monoisotopic (exact) mass is 299 g/mol. The molecule has 1 aliphatic heterocycles. The van der Waals surface area contributed by atoms with Crippen LogP contribution >= 0.6 is 0 Å². The van der Waals surface area contributed by atoms with Gasteiger partial charge >= 0.3 is 6.09 Å². The molecule has 124 valence electrons. The Bertz CT molecular complexity index is 326. The Morgan fingerprint density at radius 2 is 2.10 bits per heavy atom. The van der Waals surface area contributed by atoms with E-state index in [1.54, 1.807) is 0 Å². The van der Waals surface area contributed by atoms with Crippen molar-refractivity contribution in [3.8, 4) is 0 Å². The van der Waals surface area contributed by atoms with Gasteiger partial charge in [-0.25, -0.2) is 4.79 Å². The van der Waals surface area contributed by atoms with Gasteiger partial charge in [-0.15, -0.1) is 0 Å². The summed E-state index contributed by atoms with van der Waals surface area (Å²) < 4.78 is 5.48. The van der Waals surface area contributed by atoms with Crippen molar-refractivity contribution in [1.82, 2.24) is 15.1 Å².